The Bertz CT molecular complexity index is 688. The number of ether oxygens (including phenoxy) is 2. The smallest absolute Gasteiger partial charge is 0.344 e. The van der Waals surface area contributed by atoms with Gasteiger partial charge in [0.1, 0.15) is 5.75 Å². The normalized spacial score (nSPS) is 10.0. The van der Waals surface area contributed by atoms with Crippen LogP contribution in [-0.2, 0) is 14.3 Å². The van der Waals surface area contributed by atoms with E-state index in [4.69, 9.17) is 9.47 Å². The van der Waals surface area contributed by atoms with E-state index in [-0.39, 0.29) is 13.2 Å². The van der Waals surface area contributed by atoms with Crippen molar-refractivity contribution in [3.8, 4) is 5.75 Å². The van der Waals surface area contributed by atoms with Crippen LogP contribution in [0.15, 0.2) is 53.0 Å². The van der Waals surface area contributed by atoms with Crippen LogP contribution in [-0.4, -0.2) is 25.1 Å². The van der Waals surface area contributed by atoms with E-state index < -0.39 is 11.9 Å². The number of benzene rings is 2. The molecule has 0 spiro atoms. The van der Waals surface area contributed by atoms with Crippen LogP contribution in [0.5, 0.6) is 5.75 Å². The molecule has 0 fully saturated rings. The molecule has 2 aromatic carbocycles. The van der Waals surface area contributed by atoms with Gasteiger partial charge in [-0.2, -0.15) is 0 Å². The molecule has 0 radical (unpaired) electrons. The first kappa shape index (κ1) is 17.0. The van der Waals surface area contributed by atoms with Crippen LogP contribution in [0.4, 0.5) is 5.69 Å². The fraction of sp³-hybridized carbons (Fsp3) is 0.176. The van der Waals surface area contributed by atoms with Crippen LogP contribution in [0.3, 0.4) is 0 Å². The average Bonchev–Trinajstić information content (AvgIpc) is 2.54. The summed E-state index contributed by atoms with van der Waals surface area (Å²) in [5, 5.41) is 2.69. The molecule has 5 nitrogen and oxygen atoms in total. The molecular formula is C17H16BrNO4. The molecule has 0 aliphatic carbocycles. The summed E-state index contributed by atoms with van der Waals surface area (Å²) in [7, 11) is 0. The highest BCUT2D eigenvalue weighted by molar-refractivity contribution is 9.10. The highest BCUT2D eigenvalue weighted by Gasteiger charge is 2.10. The van der Waals surface area contributed by atoms with Crippen LogP contribution in [0.1, 0.15) is 5.56 Å². The second-order valence-electron chi connectivity index (χ2n) is 4.77. The van der Waals surface area contributed by atoms with Crippen molar-refractivity contribution >= 4 is 33.5 Å². The number of rotatable bonds is 6. The quantitative estimate of drug-likeness (QED) is 0.784. The van der Waals surface area contributed by atoms with Gasteiger partial charge >= 0.3 is 5.97 Å². The van der Waals surface area contributed by atoms with Gasteiger partial charge in [-0.3, -0.25) is 4.79 Å². The fourth-order valence-electron chi connectivity index (χ4n) is 1.80. The number of esters is 1. The van der Waals surface area contributed by atoms with E-state index >= 15 is 0 Å². The van der Waals surface area contributed by atoms with Crippen LogP contribution in [0.25, 0.3) is 0 Å². The van der Waals surface area contributed by atoms with E-state index in [1.165, 1.54) is 0 Å². The molecule has 2 aromatic rings. The van der Waals surface area contributed by atoms with Gasteiger partial charge in [0.25, 0.3) is 5.91 Å². The summed E-state index contributed by atoms with van der Waals surface area (Å²) in [4.78, 5) is 23.3. The van der Waals surface area contributed by atoms with Gasteiger partial charge in [-0.15, -0.1) is 0 Å². The molecule has 0 atom stereocenters. The number of carbonyl (C=O) groups is 2. The van der Waals surface area contributed by atoms with Gasteiger partial charge in [-0.05, 0) is 42.8 Å². The number of para-hydroxylation sites is 1. The molecule has 0 unspecified atom stereocenters. The molecule has 2 rings (SSSR count). The van der Waals surface area contributed by atoms with Crippen molar-refractivity contribution in [2.45, 2.75) is 6.92 Å². The van der Waals surface area contributed by atoms with E-state index in [2.05, 4.69) is 21.2 Å². The first-order valence-corrected chi connectivity index (χ1v) is 7.73. The van der Waals surface area contributed by atoms with E-state index in [1.54, 1.807) is 30.3 Å². The Kier molecular flexibility index (Phi) is 6.17. The Morgan fingerprint density at radius 1 is 1.09 bits per heavy atom. The number of hydrogen-bond donors (Lipinski definition) is 1. The summed E-state index contributed by atoms with van der Waals surface area (Å²) in [6.45, 7) is 1.28. The Labute approximate surface area is 142 Å². The van der Waals surface area contributed by atoms with Crippen LogP contribution in [0.2, 0.25) is 0 Å². The molecular weight excluding hydrogens is 362 g/mol. The predicted octanol–water partition coefficient (Wildman–Crippen LogP) is 3.32. The Morgan fingerprint density at radius 3 is 2.52 bits per heavy atom. The lowest BCUT2D eigenvalue weighted by atomic mass is 10.2. The Hall–Kier alpha value is -2.34. The predicted molar refractivity (Wildman–Crippen MR) is 90.4 cm³/mol. The van der Waals surface area contributed by atoms with Crippen LogP contribution in [0, 0.1) is 6.92 Å². The number of aryl methyl sites for hydroxylation is 1. The number of anilines is 1. The maximum Gasteiger partial charge on any atom is 0.344 e. The lowest BCUT2D eigenvalue weighted by Crippen LogP contribution is -2.23. The third-order valence-electron chi connectivity index (χ3n) is 2.93. The lowest BCUT2D eigenvalue weighted by Gasteiger charge is -2.09. The maximum atomic E-state index is 11.8. The van der Waals surface area contributed by atoms with Crippen molar-refractivity contribution < 1.29 is 19.1 Å². The molecule has 1 N–H and O–H groups in total. The van der Waals surface area contributed by atoms with E-state index in [0.29, 0.717) is 11.4 Å². The van der Waals surface area contributed by atoms with Crippen molar-refractivity contribution in [1.82, 2.24) is 0 Å². The molecule has 1 amide bonds. The van der Waals surface area contributed by atoms with Gasteiger partial charge < -0.3 is 14.8 Å². The maximum absolute atomic E-state index is 11.8. The number of halogens is 1. The minimum Gasteiger partial charge on any atom is -0.482 e. The Morgan fingerprint density at radius 2 is 1.83 bits per heavy atom. The van der Waals surface area contributed by atoms with Crippen molar-refractivity contribution in [3.05, 3.63) is 58.6 Å². The monoisotopic (exact) mass is 377 g/mol. The molecule has 0 aliphatic heterocycles. The molecule has 23 heavy (non-hydrogen) atoms. The van der Waals surface area contributed by atoms with Crippen molar-refractivity contribution in [2.75, 3.05) is 18.5 Å². The number of hydrogen-bond acceptors (Lipinski definition) is 4. The molecule has 6 heteroatoms. The molecule has 0 aromatic heterocycles. The molecule has 0 saturated heterocycles. The zero-order valence-electron chi connectivity index (χ0n) is 12.5. The summed E-state index contributed by atoms with van der Waals surface area (Å²) in [5.74, 6) is -0.431. The van der Waals surface area contributed by atoms with Gasteiger partial charge in [0.2, 0.25) is 0 Å². The van der Waals surface area contributed by atoms with E-state index in [9.17, 15) is 9.59 Å². The minimum atomic E-state index is -0.600. The minimum absolute atomic E-state index is 0.241. The average molecular weight is 378 g/mol. The molecule has 0 saturated carbocycles. The Balaban J connectivity index is 1.74. The lowest BCUT2D eigenvalue weighted by molar-refractivity contribution is -0.149. The second-order valence-corrected chi connectivity index (χ2v) is 5.69. The highest BCUT2D eigenvalue weighted by Crippen LogP contribution is 2.19. The van der Waals surface area contributed by atoms with Gasteiger partial charge in [0.15, 0.2) is 13.2 Å². The van der Waals surface area contributed by atoms with E-state index in [1.807, 2.05) is 25.1 Å². The largest absolute Gasteiger partial charge is 0.482 e. The number of amides is 1. The van der Waals surface area contributed by atoms with Gasteiger partial charge in [-0.1, -0.05) is 34.1 Å². The van der Waals surface area contributed by atoms with Crippen LogP contribution < -0.4 is 10.1 Å². The summed E-state index contributed by atoms with van der Waals surface area (Å²) in [5.41, 5.74) is 1.58. The zero-order chi connectivity index (χ0) is 16.7. The van der Waals surface area contributed by atoms with E-state index in [0.717, 1.165) is 10.0 Å². The number of carbonyl (C=O) groups excluding carboxylic acids is 2. The summed E-state index contributed by atoms with van der Waals surface area (Å²) in [6, 6.07) is 14.4. The third-order valence-corrected chi connectivity index (χ3v) is 3.42. The third kappa shape index (κ3) is 5.75. The first-order chi connectivity index (χ1) is 11.0. The van der Waals surface area contributed by atoms with Gasteiger partial charge in [0, 0.05) is 10.2 Å². The van der Waals surface area contributed by atoms with Crippen molar-refractivity contribution in [2.24, 2.45) is 0 Å². The van der Waals surface area contributed by atoms with Crippen molar-refractivity contribution in [1.29, 1.82) is 0 Å². The standard InChI is InChI=1S/C17H16BrNO4/c1-12-9-13(18)7-8-15(12)19-16(20)10-23-17(21)11-22-14-5-3-2-4-6-14/h2-9H,10-11H2,1H3,(H,19,20). The summed E-state index contributed by atoms with van der Waals surface area (Å²) >= 11 is 3.35. The first-order valence-electron chi connectivity index (χ1n) is 6.94. The fourth-order valence-corrected chi connectivity index (χ4v) is 2.28. The SMILES string of the molecule is Cc1cc(Br)ccc1NC(=O)COC(=O)COc1ccccc1. The summed E-state index contributed by atoms with van der Waals surface area (Å²) < 4.78 is 11.0. The molecule has 0 aliphatic rings. The van der Waals surface area contributed by atoms with Crippen LogP contribution >= 0.6 is 15.9 Å². The topological polar surface area (TPSA) is 64.6 Å². The van der Waals surface area contributed by atoms with Crippen molar-refractivity contribution in [3.63, 3.8) is 0 Å². The van der Waals surface area contributed by atoms with Gasteiger partial charge in [-0.25, -0.2) is 4.79 Å². The molecule has 120 valence electrons. The highest BCUT2D eigenvalue weighted by atomic mass is 79.9. The number of nitrogens with one attached hydrogen (secondary N) is 1. The zero-order valence-corrected chi connectivity index (χ0v) is 14.1. The molecule has 0 heterocycles. The second kappa shape index (κ2) is 8.33. The molecule has 0 bridgehead atoms. The van der Waals surface area contributed by atoms with Gasteiger partial charge in [0.05, 0.1) is 0 Å². The summed E-state index contributed by atoms with van der Waals surface area (Å²) in [6.07, 6.45) is 0.